The number of sulfonamides is 1. The molecule has 0 radical (unpaired) electrons. The highest BCUT2D eigenvalue weighted by molar-refractivity contribution is 7.92. The zero-order valence-electron chi connectivity index (χ0n) is 24.6. The minimum Gasteiger partial charge on any atom is -0.354 e. The maximum atomic E-state index is 14.4. The molecular weight excluding hydrogens is 617 g/mol. The first kappa shape index (κ1) is 33.1. The molecule has 0 aliphatic carbocycles. The molecule has 2 amide bonds. The number of rotatable bonds is 13. The van der Waals surface area contributed by atoms with Crippen LogP contribution in [0.15, 0.2) is 108 Å². The van der Waals surface area contributed by atoms with E-state index in [1.165, 1.54) is 17.0 Å². The number of carbonyl (C=O) groups is 2. The first-order valence-electron chi connectivity index (χ1n) is 14.3. The summed E-state index contributed by atoms with van der Waals surface area (Å²) in [5.41, 5.74) is 2.72. The van der Waals surface area contributed by atoms with Crippen LogP contribution in [0.1, 0.15) is 30.0 Å². The Labute approximate surface area is 269 Å². The summed E-state index contributed by atoms with van der Waals surface area (Å²) in [5, 5.41) is 3.59. The zero-order valence-corrected chi connectivity index (χ0v) is 26.9. The lowest BCUT2D eigenvalue weighted by Crippen LogP contribution is -2.53. The summed E-state index contributed by atoms with van der Waals surface area (Å²) in [5.74, 6) is -0.889. The van der Waals surface area contributed by atoms with Crippen LogP contribution in [-0.2, 0) is 32.6 Å². The molecule has 0 fully saturated rings. The molecule has 10 heteroatoms. The molecule has 44 heavy (non-hydrogen) atoms. The van der Waals surface area contributed by atoms with Crippen molar-refractivity contribution < 1.29 is 18.0 Å². The van der Waals surface area contributed by atoms with E-state index in [0.29, 0.717) is 34.3 Å². The normalized spacial score (nSPS) is 11.9. The Morgan fingerprint density at radius 2 is 1.45 bits per heavy atom. The van der Waals surface area contributed by atoms with Gasteiger partial charge in [0.05, 0.1) is 20.6 Å². The van der Waals surface area contributed by atoms with Crippen molar-refractivity contribution in [1.29, 1.82) is 0 Å². The van der Waals surface area contributed by atoms with E-state index in [1.807, 2.05) is 44.2 Å². The molecule has 4 aromatic rings. The topological polar surface area (TPSA) is 86.8 Å². The van der Waals surface area contributed by atoms with Gasteiger partial charge in [0.25, 0.3) is 10.0 Å². The fourth-order valence-electron chi connectivity index (χ4n) is 4.72. The van der Waals surface area contributed by atoms with Gasteiger partial charge in [0.2, 0.25) is 11.8 Å². The van der Waals surface area contributed by atoms with Crippen LogP contribution in [0.5, 0.6) is 0 Å². The number of para-hydroxylation sites is 1. The third kappa shape index (κ3) is 8.40. The molecule has 0 aliphatic rings. The molecule has 1 atom stereocenters. The number of nitrogens with zero attached hydrogens (tertiary/aromatic N) is 2. The average molecular weight is 653 g/mol. The number of halogens is 2. The van der Waals surface area contributed by atoms with Crippen LogP contribution in [0.3, 0.4) is 0 Å². The number of hydrogen-bond donors (Lipinski definition) is 1. The van der Waals surface area contributed by atoms with Crippen LogP contribution in [0, 0.1) is 6.92 Å². The van der Waals surface area contributed by atoms with Crippen molar-refractivity contribution in [2.24, 2.45) is 0 Å². The lowest BCUT2D eigenvalue weighted by molar-refractivity contribution is -0.140. The molecule has 230 valence electrons. The van der Waals surface area contributed by atoms with E-state index in [2.05, 4.69) is 5.32 Å². The quantitative estimate of drug-likeness (QED) is 0.175. The van der Waals surface area contributed by atoms with Gasteiger partial charge in [0, 0.05) is 19.5 Å². The van der Waals surface area contributed by atoms with Crippen molar-refractivity contribution in [3.05, 3.63) is 130 Å². The number of aryl methyl sites for hydroxylation is 1. The standard InChI is InChI=1S/C34H35Cl2N3O4S/c1-3-20-37-34(41)32(22-26-10-6-4-7-11-26)38(23-27-16-19-30(35)31(36)21-27)33(40)24-39(28-12-8-5-9-13-28)44(42,43)29-17-14-25(2)15-18-29/h4-19,21,32H,3,20,22-24H2,1-2H3,(H,37,41)/t32-/m1/s1. The summed E-state index contributed by atoms with van der Waals surface area (Å²) in [6.45, 7) is 3.70. The predicted octanol–water partition coefficient (Wildman–Crippen LogP) is 6.66. The molecule has 0 unspecified atom stereocenters. The van der Waals surface area contributed by atoms with Gasteiger partial charge in [-0.25, -0.2) is 8.42 Å². The second-order valence-corrected chi connectivity index (χ2v) is 13.1. The van der Waals surface area contributed by atoms with E-state index in [0.717, 1.165) is 15.4 Å². The highest BCUT2D eigenvalue weighted by Crippen LogP contribution is 2.27. The third-order valence-electron chi connectivity index (χ3n) is 7.09. The number of carbonyl (C=O) groups excluding carboxylic acids is 2. The van der Waals surface area contributed by atoms with Gasteiger partial charge in [-0.3, -0.25) is 13.9 Å². The highest BCUT2D eigenvalue weighted by atomic mass is 35.5. The molecule has 0 aromatic heterocycles. The second-order valence-electron chi connectivity index (χ2n) is 10.4. The Morgan fingerprint density at radius 1 is 0.818 bits per heavy atom. The van der Waals surface area contributed by atoms with Crippen LogP contribution in [0.25, 0.3) is 0 Å². The summed E-state index contributed by atoms with van der Waals surface area (Å²) in [4.78, 5) is 29.6. The summed E-state index contributed by atoms with van der Waals surface area (Å²) >= 11 is 12.5. The predicted molar refractivity (Wildman–Crippen MR) is 176 cm³/mol. The van der Waals surface area contributed by atoms with Crippen LogP contribution >= 0.6 is 23.2 Å². The molecule has 0 bridgehead atoms. The number of hydrogen-bond acceptors (Lipinski definition) is 4. The van der Waals surface area contributed by atoms with E-state index in [-0.39, 0.29) is 23.8 Å². The molecule has 7 nitrogen and oxygen atoms in total. The number of nitrogens with one attached hydrogen (secondary N) is 1. The smallest absolute Gasteiger partial charge is 0.264 e. The third-order valence-corrected chi connectivity index (χ3v) is 9.62. The fraction of sp³-hybridized carbons (Fsp3) is 0.235. The van der Waals surface area contributed by atoms with Gasteiger partial charge in [-0.2, -0.15) is 0 Å². The van der Waals surface area contributed by atoms with Gasteiger partial charge >= 0.3 is 0 Å². The molecule has 0 aliphatic heterocycles. The minimum atomic E-state index is -4.16. The van der Waals surface area contributed by atoms with E-state index in [1.54, 1.807) is 60.7 Å². The highest BCUT2D eigenvalue weighted by Gasteiger charge is 2.34. The van der Waals surface area contributed by atoms with E-state index >= 15 is 0 Å². The molecule has 0 saturated carbocycles. The van der Waals surface area contributed by atoms with Crippen molar-refractivity contribution in [3.8, 4) is 0 Å². The maximum absolute atomic E-state index is 14.4. The zero-order chi connectivity index (χ0) is 31.7. The summed E-state index contributed by atoms with van der Waals surface area (Å²) in [6, 6.07) is 28.4. The van der Waals surface area contributed by atoms with Crippen LogP contribution in [0.2, 0.25) is 10.0 Å². The Kier molecular flexibility index (Phi) is 11.4. The maximum Gasteiger partial charge on any atom is 0.264 e. The molecule has 0 heterocycles. The van der Waals surface area contributed by atoms with E-state index in [9.17, 15) is 18.0 Å². The SMILES string of the molecule is CCCNC(=O)[C@@H](Cc1ccccc1)N(Cc1ccc(Cl)c(Cl)c1)C(=O)CN(c1ccccc1)S(=O)(=O)c1ccc(C)cc1. The number of amides is 2. The van der Waals surface area contributed by atoms with E-state index < -0.39 is 28.5 Å². The first-order valence-corrected chi connectivity index (χ1v) is 16.5. The van der Waals surface area contributed by atoms with Crippen molar-refractivity contribution in [2.45, 2.75) is 44.2 Å². The van der Waals surface area contributed by atoms with Gasteiger partial charge in [-0.1, -0.05) is 102 Å². The summed E-state index contributed by atoms with van der Waals surface area (Å²) < 4.78 is 29.1. The Hall–Kier alpha value is -3.85. The summed E-state index contributed by atoms with van der Waals surface area (Å²) in [6.07, 6.45) is 0.931. The first-order chi connectivity index (χ1) is 21.1. The molecule has 4 rings (SSSR count). The van der Waals surface area contributed by atoms with Gasteiger partial charge in [0.15, 0.2) is 0 Å². The Morgan fingerprint density at radius 3 is 2.07 bits per heavy atom. The van der Waals surface area contributed by atoms with Gasteiger partial charge < -0.3 is 10.2 Å². The lowest BCUT2D eigenvalue weighted by Gasteiger charge is -2.34. The monoisotopic (exact) mass is 651 g/mol. The van der Waals surface area contributed by atoms with Crippen molar-refractivity contribution in [3.63, 3.8) is 0 Å². The van der Waals surface area contributed by atoms with E-state index in [4.69, 9.17) is 23.2 Å². The van der Waals surface area contributed by atoms with Gasteiger partial charge in [-0.05, 0) is 60.9 Å². The average Bonchev–Trinajstić information content (AvgIpc) is 3.03. The van der Waals surface area contributed by atoms with Crippen LogP contribution in [-0.4, -0.2) is 44.3 Å². The summed E-state index contributed by atoms with van der Waals surface area (Å²) in [7, 11) is -4.16. The molecular formula is C34H35Cl2N3O4S. The van der Waals surface area contributed by atoms with Gasteiger partial charge in [0.1, 0.15) is 12.6 Å². The van der Waals surface area contributed by atoms with Crippen LogP contribution < -0.4 is 9.62 Å². The molecule has 0 spiro atoms. The van der Waals surface area contributed by atoms with Crippen molar-refractivity contribution in [1.82, 2.24) is 10.2 Å². The largest absolute Gasteiger partial charge is 0.354 e. The molecule has 0 saturated heterocycles. The molecule has 4 aromatic carbocycles. The Balaban J connectivity index is 1.79. The van der Waals surface area contributed by atoms with Gasteiger partial charge in [-0.15, -0.1) is 0 Å². The fourth-order valence-corrected chi connectivity index (χ4v) is 6.45. The van der Waals surface area contributed by atoms with Crippen molar-refractivity contribution >= 4 is 50.7 Å². The Bertz CT molecular complexity index is 1670. The number of anilines is 1. The van der Waals surface area contributed by atoms with Crippen LogP contribution in [0.4, 0.5) is 5.69 Å². The second kappa shape index (κ2) is 15.2. The minimum absolute atomic E-state index is 0.0000234. The number of benzene rings is 4. The molecule has 1 N–H and O–H groups in total. The van der Waals surface area contributed by atoms with Crippen molar-refractivity contribution in [2.75, 3.05) is 17.4 Å². The lowest BCUT2D eigenvalue weighted by atomic mass is 10.0.